The first-order valence-corrected chi connectivity index (χ1v) is 8.54. The van der Waals surface area contributed by atoms with Crippen LogP contribution in [0.3, 0.4) is 0 Å². The minimum Gasteiger partial charge on any atom is -0.497 e. The highest BCUT2D eigenvalue weighted by Gasteiger charge is 2.38. The lowest BCUT2D eigenvalue weighted by atomic mass is 9.87. The highest BCUT2D eigenvalue weighted by Crippen LogP contribution is 2.37. The van der Waals surface area contributed by atoms with Gasteiger partial charge >= 0.3 is 0 Å². The van der Waals surface area contributed by atoms with Crippen molar-refractivity contribution in [2.24, 2.45) is 5.92 Å². The lowest BCUT2D eigenvalue weighted by Crippen LogP contribution is -2.49. The van der Waals surface area contributed by atoms with Crippen LogP contribution in [0.5, 0.6) is 11.5 Å². The number of amides is 1. The molecule has 2 unspecified atom stereocenters. The number of piperazine rings is 1. The molecule has 1 aromatic carbocycles. The van der Waals surface area contributed by atoms with Crippen molar-refractivity contribution < 1.29 is 14.3 Å². The Bertz CT molecular complexity index is 585. The molecule has 0 aromatic heterocycles. The molecule has 6 nitrogen and oxygen atoms in total. The number of ether oxygens (including phenoxy) is 2. The van der Waals surface area contributed by atoms with Crippen LogP contribution >= 0.6 is 0 Å². The fraction of sp³-hybridized carbons (Fsp3) is 0.611. The SMILES string of the molecule is COc1ccc(OC)c(C2CNCC2C(=O)N2CCN(C)CC2)c1. The van der Waals surface area contributed by atoms with Crippen LogP contribution in [-0.4, -0.2) is 76.2 Å². The van der Waals surface area contributed by atoms with Crippen molar-refractivity contribution in [3.05, 3.63) is 23.8 Å². The number of rotatable bonds is 4. The molecule has 2 heterocycles. The van der Waals surface area contributed by atoms with Crippen molar-refractivity contribution in [3.63, 3.8) is 0 Å². The van der Waals surface area contributed by atoms with Crippen LogP contribution in [0.4, 0.5) is 0 Å². The van der Waals surface area contributed by atoms with E-state index in [1.54, 1.807) is 14.2 Å². The Kier molecular flexibility index (Phi) is 5.26. The third kappa shape index (κ3) is 3.35. The monoisotopic (exact) mass is 333 g/mol. The van der Waals surface area contributed by atoms with Crippen LogP contribution in [0, 0.1) is 5.92 Å². The summed E-state index contributed by atoms with van der Waals surface area (Å²) in [7, 11) is 5.43. The lowest BCUT2D eigenvalue weighted by molar-refractivity contribution is -0.136. The van der Waals surface area contributed by atoms with E-state index in [9.17, 15) is 4.79 Å². The summed E-state index contributed by atoms with van der Waals surface area (Å²) >= 11 is 0. The van der Waals surface area contributed by atoms with Gasteiger partial charge in [0.2, 0.25) is 5.91 Å². The summed E-state index contributed by atoms with van der Waals surface area (Å²) in [5, 5.41) is 3.38. The zero-order valence-corrected chi connectivity index (χ0v) is 14.7. The fourth-order valence-corrected chi connectivity index (χ4v) is 3.66. The van der Waals surface area contributed by atoms with E-state index in [0.717, 1.165) is 56.3 Å². The summed E-state index contributed by atoms with van der Waals surface area (Å²) in [4.78, 5) is 17.3. The largest absolute Gasteiger partial charge is 0.497 e. The van der Waals surface area contributed by atoms with Gasteiger partial charge in [-0.3, -0.25) is 4.79 Å². The van der Waals surface area contributed by atoms with Crippen LogP contribution in [0.2, 0.25) is 0 Å². The molecule has 1 aromatic rings. The van der Waals surface area contributed by atoms with Gasteiger partial charge in [0, 0.05) is 50.7 Å². The smallest absolute Gasteiger partial charge is 0.227 e. The highest BCUT2D eigenvalue weighted by atomic mass is 16.5. The van der Waals surface area contributed by atoms with E-state index >= 15 is 0 Å². The van der Waals surface area contributed by atoms with E-state index in [1.165, 1.54) is 0 Å². The fourth-order valence-electron chi connectivity index (χ4n) is 3.66. The predicted octanol–water partition coefficient (Wildman–Crippen LogP) is 0.781. The van der Waals surface area contributed by atoms with Gasteiger partial charge in [-0.05, 0) is 25.2 Å². The molecule has 2 saturated heterocycles. The number of hydrogen-bond acceptors (Lipinski definition) is 5. The quantitative estimate of drug-likeness (QED) is 0.883. The minimum absolute atomic E-state index is 0.0468. The van der Waals surface area contributed by atoms with Crippen LogP contribution in [0.15, 0.2) is 18.2 Å². The molecular weight excluding hydrogens is 306 g/mol. The van der Waals surface area contributed by atoms with Crippen molar-refractivity contribution >= 4 is 5.91 Å². The molecule has 0 bridgehead atoms. The van der Waals surface area contributed by atoms with Gasteiger partial charge < -0.3 is 24.6 Å². The molecule has 2 aliphatic rings. The molecule has 132 valence electrons. The predicted molar refractivity (Wildman–Crippen MR) is 92.7 cm³/mol. The van der Waals surface area contributed by atoms with Gasteiger partial charge in [0.05, 0.1) is 20.1 Å². The Balaban J connectivity index is 1.81. The lowest BCUT2D eigenvalue weighted by Gasteiger charge is -2.35. The van der Waals surface area contributed by atoms with Crippen molar-refractivity contribution in [2.75, 3.05) is 60.5 Å². The number of nitrogens with zero attached hydrogens (tertiary/aromatic N) is 2. The third-order valence-corrected chi connectivity index (χ3v) is 5.18. The van der Waals surface area contributed by atoms with Crippen molar-refractivity contribution in [2.45, 2.75) is 5.92 Å². The van der Waals surface area contributed by atoms with Gasteiger partial charge in [0.25, 0.3) is 0 Å². The molecule has 0 saturated carbocycles. The zero-order valence-electron chi connectivity index (χ0n) is 14.7. The van der Waals surface area contributed by atoms with Gasteiger partial charge in [-0.15, -0.1) is 0 Å². The second kappa shape index (κ2) is 7.40. The summed E-state index contributed by atoms with van der Waals surface area (Å²) in [6.45, 7) is 5.02. The Hall–Kier alpha value is -1.79. The van der Waals surface area contributed by atoms with Crippen LogP contribution in [-0.2, 0) is 4.79 Å². The molecule has 1 N–H and O–H groups in total. The molecule has 0 spiro atoms. The highest BCUT2D eigenvalue weighted by molar-refractivity contribution is 5.81. The summed E-state index contributed by atoms with van der Waals surface area (Å²) in [5.74, 6) is 1.93. The van der Waals surface area contributed by atoms with Gasteiger partial charge in [-0.2, -0.15) is 0 Å². The number of carbonyl (C=O) groups is 1. The van der Waals surface area contributed by atoms with E-state index < -0.39 is 0 Å². The average molecular weight is 333 g/mol. The molecule has 2 aliphatic heterocycles. The summed E-state index contributed by atoms with van der Waals surface area (Å²) in [6, 6.07) is 5.81. The maximum atomic E-state index is 13.0. The zero-order chi connectivity index (χ0) is 17.1. The van der Waals surface area contributed by atoms with Gasteiger partial charge in [0.15, 0.2) is 0 Å². The molecule has 2 atom stereocenters. The van der Waals surface area contributed by atoms with E-state index in [0.29, 0.717) is 0 Å². The van der Waals surface area contributed by atoms with Gasteiger partial charge in [-0.1, -0.05) is 0 Å². The standard InChI is InChI=1S/C18H27N3O3/c1-20-6-8-21(9-7-20)18(22)16-12-19-11-15(16)14-10-13(23-2)4-5-17(14)24-3/h4-5,10,15-16,19H,6-9,11-12H2,1-3H3. The Morgan fingerprint density at radius 2 is 1.88 bits per heavy atom. The Morgan fingerprint density at radius 3 is 2.54 bits per heavy atom. The molecule has 2 fully saturated rings. The molecule has 0 aliphatic carbocycles. The first-order valence-electron chi connectivity index (χ1n) is 8.54. The number of likely N-dealkylation sites (N-methyl/N-ethyl adjacent to an activating group) is 1. The maximum Gasteiger partial charge on any atom is 0.227 e. The molecule has 3 rings (SSSR count). The van der Waals surface area contributed by atoms with Crippen LogP contribution in [0.1, 0.15) is 11.5 Å². The average Bonchev–Trinajstić information content (AvgIpc) is 3.10. The van der Waals surface area contributed by atoms with Gasteiger partial charge in [-0.25, -0.2) is 0 Å². The van der Waals surface area contributed by atoms with Crippen molar-refractivity contribution in [1.29, 1.82) is 0 Å². The number of methoxy groups -OCH3 is 2. The molecule has 24 heavy (non-hydrogen) atoms. The topological polar surface area (TPSA) is 54.0 Å². The third-order valence-electron chi connectivity index (χ3n) is 5.18. The molecule has 6 heteroatoms. The Labute approximate surface area is 143 Å². The number of carbonyl (C=O) groups excluding carboxylic acids is 1. The van der Waals surface area contributed by atoms with Gasteiger partial charge in [0.1, 0.15) is 11.5 Å². The Morgan fingerprint density at radius 1 is 1.12 bits per heavy atom. The van der Waals surface area contributed by atoms with Crippen LogP contribution < -0.4 is 14.8 Å². The summed E-state index contributed by atoms with van der Waals surface area (Å²) in [5.41, 5.74) is 1.05. The second-order valence-electron chi connectivity index (χ2n) is 6.61. The molecule has 1 amide bonds. The summed E-state index contributed by atoms with van der Waals surface area (Å²) in [6.07, 6.45) is 0. The molecule has 0 radical (unpaired) electrons. The number of nitrogens with one attached hydrogen (secondary N) is 1. The number of hydrogen-bond donors (Lipinski definition) is 1. The van der Waals surface area contributed by atoms with E-state index in [1.807, 2.05) is 23.1 Å². The van der Waals surface area contributed by atoms with Crippen molar-refractivity contribution in [3.8, 4) is 11.5 Å². The maximum absolute atomic E-state index is 13.0. The summed E-state index contributed by atoms with van der Waals surface area (Å²) < 4.78 is 10.9. The molecular formula is C18H27N3O3. The first kappa shape index (κ1) is 17.0. The van der Waals surface area contributed by atoms with E-state index in [2.05, 4.69) is 17.3 Å². The minimum atomic E-state index is -0.0468. The second-order valence-corrected chi connectivity index (χ2v) is 6.61. The number of benzene rings is 1. The van der Waals surface area contributed by atoms with E-state index in [4.69, 9.17) is 9.47 Å². The van der Waals surface area contributed by atoms with E-state index in [-0.39, 0.29) is 17.7 Å². The van der Waals surface area contributed by atoms with Crippen LogP contribution in [0.25, 0.3) is 0 Å². The normalized spacial score (nSPS) is 24.9. The van der Waals surface area contributed by atoms with Crippen molar-refractivity contribution in [1.82, 2.24) is 15.1 Å². The first-order chi connectivity index (χ1) is 11.6.